The van der Waals surface area contributed by atoms with Crippen molar-refractivity contribution < 1.29 is 18.3 Å². The van der Waals surface area contributed by atoms with Crippen LogP contribution in [0.4, 0.5) is 0 Å². The first-order valence-corrected chi connectivity index (χ1v) is 10.5. The molecule has 8 heteroatoms. The quantitative estimate of drug-likeness (QED) is 0.593. The lowest BCUT2D eigenvalue weighted by Crippen LogP contribution is -2.44. The Kier molecular flexibility index (Phi) is 6.11. The van der Waals surface area contributed by atoms with Crippen molar-refractivity contribution in [2.45, 2.75) is 24.7 Å². The van der Waals surface area contributed by atoms with Crippen LogP contribution in [0, 0.1) is 12.8 Å². The molecule has 0 saturated carbocycles. The largest absolute Gasteiger partial charge is 0.507 e. The molecule has 7 nitrogen and oxygen atoms in total. The van der Waals surface area contributed by atoms with Crippen molar-refractivity contribution in [1.29, 1.82) is 0 Å². The molecule has 148 valence electrons. The fourth-order valence-electron chi connectivity index (χ4n) is 3.09. The summed E-state index contributed by atoms with van der Waals surface area (Å²) < 4.78 is 27.0. The van der Waals surface area contributed by atoms with Gasteiger partial charge in [0.25, 0.3) is 0 Å². The molecular formula is C20H23N3O4S. The van der Waals surface area contributed by atoms with E-state index in [-0.39, 0.29) is 23.1 Å². The number of benzene rings is 2. The van der Waals surface area contributed by atoms with E-state index in [0.29, 0.717) is 24.9 Å². The SMILES string of the molecule is Cc1ccc(S(=O)(=O)N2CCC[C@@H](C(=O)N/N=C/c3ccccc3O)C2)cc1. The number of nitrogens with zero attached hydrogens (tertiary/aromatic N) is 2. The standard InChI is InChI=1S/C20H23N3O4S/c1-15-8-10-18(11-9-15)28(26,27)23-12-4-6-17(14-23)20(25)22-21-13-16-5-2-3-7-19(16)24/h2-3,5,7-11,13,17,24H,4,6,12,14H2,1H3,(H,22,25)/b21-13+/t17-/m1/s1. The van der Waals surface area contributed by atoms with Crippen LogP contribution < -0.4 is 5.43 Å². The lowest BCUT2D eigenvalue weighted by atomic mass is 9.99. The third-order valence-electron chi connectivity index (χ3n) is 4.73. The highest BCUT2D eigenvalue weighted by Crippen LogP contribution is 2.24. The number of nitrogens with one attached hydrogen (secondary N) is 1. The molecular weight excluding hydrogens is 378 g/mol. The zero-order valence-electron chi connectivity index (χ0n) is 15.6. The number of aromatic hydroxyl groups is 1. The third-order valence-corrected chi connectivity index (χ3v) is 6.61. The van der Waals surface area contributed by atoms with Gasteiger partial charge in [-0.15, -0.1) is 0 Å². The van der Waals surface area contributed by atoms with Gasteiger partial charge in [0.05, 0.1) is 17.0 Å². The van der Waals surface area contributed by atoms with Crippen molar-refractivity contribution in [3.05, 3.63) is 59.7 Å². The normalized spacial score (nSPS) is 18.2. The Bertz CT molecular complexity index is 971. The van der Waals surface area contributed by atoms with Crippen LogP contribution in [0.1, 0.15) is 24.0 Å². The van der Waals surface area contributed by atoms with Crippen molar-refractivity contribution in [2.75, 3.05) is 13.1 Å². The number of carbonyl (C=O) groups excluding carboxylic acids is 1. The smallest absolute Gasteiger partial charge is 0.244 e. The lowest BCUT2D eigenvalue weighted by Gasteiger charge is -2.30. The maximum absolute atomic E-state index is 12.8. The van der Waals surface area contributed by atoms with Crippen LogP contribution in [-0.2, 0) is 14.8 Å². The summed E-state index contributed by atoms with van der Waals surface area (Å²) in [6, 6.07) is 13.3. The van der Waals surface area contributed by atoms with E-state index in [9.17, 15) is 18.3 Å². The maximum Gasteiger partial charge on any atom is 0.244 e. The first-order chi connectivity index (χ1) is 13.4. The van der Waals surface area contributed by atoms with E-state index in [1.807, 2.05) is 6.92 Å². The Morgan fingerprint density at radius 3 is 2.64 bits per heavy atom. The van der Waals surface area contributed by atoms with E-state index in [1.165, 1.54) is 16.6 Å². The van der Waals surface area contributed by atoms with Gasteiger partial charge in [-0.05, 0) is 44.0 Å². The molecule has 0 spiro atoms. The molecule has 0 bridgehead atoms. The fraction of sp³-hybridized carbons (Fsp3) is 0.300. The summed E-state index contributed by atoms with van der Waals surface area (Å²) in [5.41, 5.74) is 3.91. The molecule has 1 fully saturated rings. The first-order valence-electron chi connectivity index (χ1n) is 9.05. The van der Waals surface area contributed by atoms with Crippen LogP contribution in [0.3, 0.4) is 0 Å². The number of aryl methyl sites for hydroxylation is 1. The number of rotatable bonds is 5. The minimum Gasteiger partial charge on any atom is -0.507 e. The molecule has 2 aromatic carbocycles. The Hall–Kier alpha value is -2.71. The third kappa shape index (κ3) is 4.58. The molecule has 3 rings (SSSR count). The number of hydrogen-bond donors (Lipinski definition) is 2. The Balaban J connectivity index is 1.65. The average molecular weight is 401 g/mol. The number of hydrogen-bond acceptors (Lipinski definition) is 5. The molecule has 0 unspecified atom stereocenters. The highest BCUT2D eigenvalue weighted by atomic mass is 32.2. The summed E-state index contributed by atoms with van der Waals surface area (Å²) in [4.78, 5) is 12.7. The van der Waals surface area contributed by atoms with Crippen molar-refractivity contribution >= 4 is 22.1 Å². The summed E-state index contributed by atoms with van der Waals surface area (Å²) in [6.07, 6.45) is 2.56. The van der Waals surface area contributed by atoms with Gasteiger partial charge in [-0.1, -0.05) is 29.8 Å². The number of hydrazone groups is 1. The molecule has 1 saturated heterocycles. The molecule has 28 heavy (non-hydrogen) atoms. The van der Waals surface area contributed by atoms with Crippen molar-refractivity contribution in [2.24, 2.45) is 11.0 Å². The molecule has 0 radical (unpaired) electrons. The predicted octanol–water partition coefficient (Wildman–Crippen LogP) is 2.25. The molecule has 0 aromatic heterocycles. The minimum absolute atomic E-state index is 0.0635. The predicted molar refractivity (Wildman–Crippen MR) is 107 cm³/mol. The van der Waals surface area contributed by atoms with E-state index < -0.39 is 15.9 Å². The van der Waals surface area contributed by atoms with Gasteiger partial charge in [0.1, 0.15) is 5.75 Å². The second-order valence-corrected chi connectivity index (χ2v) is 8.75. The first kappa shape index (κ1) is 20.0. The van der Waals surface area contributed by atoms with Crippen LogP contribution in [0.25, 0.3) is 0 Å². The zero-order valence-corrected chi connectivity index (χ0v) is 16.4. The van der Waals surface area contributed by atoms with Gasteiger partial charge < -0.3 is 5.11 Å². The molecule has 1 aliphatic heterocycles. The minimum atomic E-state index is -3.63. The molecule has 2 aromatic rings. The van der Waals surface area contributed by atoms with E-state index in [4.69, 9.17) is 0 Å². The van der Waals surface area contributed by atoms with E-state index in [1.54, 1.807) is 42.5 Å². The van der Waals surface area contributed by atoms with Crippen LogP contribution in [0.5, 0.6) is 5.75 Å². The van der Waals surface area contributed by atoms with Gasteiger partial charge >= 0.3 is 0 Å². The molecule has 1 aliphatic rings. The number of carbonyl (C=O) groups is 1. The number of piperidine rings is 1. The van der Waals surface area contributed by atoms with Gasteiger partial charge in [-0.3, -0.25) is 4.79 Å². The summed E-state index contributed by atoms with van der Waals surface area (Å²) in [5, 5.41) is 13.6. The molecule has 1 atom stereocenters. The Morgan fingerprint density at radius 1 is 1.21 bits per heavy atom. The summed E-state index contributed by atoms with van der Waals surface area (Å²) in [7, 11) is -3.63. The molecule has 1 amide bonds. The highest BCUT2D eigenvalue weighted by Gasteiger charge is 2.33. The molecule has 0 aliphatic carbocycles. The summed E-state index contributed by atoms with van der Waals surface area (Å²) >= 11 is 0. The number of sulfonamides is 1. The van der Waals surface area contributed by atoms with E-state index in [2.05, 4.69) is 10.5 Å². The van der Waals surface area contributed by atoms with Gasteiger partial charge in [0.2, 0.25) is 15.9 Å². The van der Waals surface area contributed by atoms with Gasteiger partial charge in [0, 0.05) is 18.7 Å². The summed E-state index contributed by atoms with van der Waals surface area (Å²) in [6.45, 7) is 2.41. The number of para-hydroxylation sites is 1. The van der Waals surface area contributed by atoms with E-state index in [0.717, 1.165) is 5.56 Å². The highest BCUT2D eigenvalue weighted by molar-refractivity contribution is 7.89. The van der Waals surface area contributed by atoms with Crippen molar-refractivity contribution in [3.8, 4) is 5.75 Å². The Labute approximate surface area is 164 Å². The van der Waals surface area contributed by atoms with Crippen LogP contribution in [-0.4, -0.2) is 43.0 Å². The van der Waals surface area contributed by atoms with Crippen molar-refractivity contribution in [1.82, 2.24) is 9.73 Å². The molecule has 2 N–H and O–H groups in total. The lowest BCUT2D eigenvalue weighted by molar-refractivity contribution is -0.126. The second kappa shape index (κ2) is 8.53. The Morgan fingerprint density at radius 2 is 1.93 bits per heavy atom. The maximum atomic E-state index is 12.8. The zero-order chi connectivity index (χ0) is 20.1. The van der Waals surface area contributed by atoms with Crippen molar-refractivity contribution in [3.63, 3.8) is 0 Å². The van der Waals surface area contributed by atoms with Crippen LogP contribution in [0.15, 0.2) is 58.5 Å². The molecule has 1 heterocycles. The monoisotopic (exact) mass is 401 g/mol. The van der Waals surface area contributed by atoms with Crippen LogP contribution >= 0.6 is 0 Å². The number of phenolic OH excluding ortho intramolecular Hbond substituents is 1. The van der Waals surface area contributed by atoms with Gasteiger partial charge in [-0.25, -0.2) is 13.8 Å². The van der Waals surface area contributed by atoms with Gasteiger partial charge in [-0.2, -0.15) is 9.41 Å². The topological polar surface area (TPSA) is 99.1 Å². The summed E-state index contributed by atoms with van der Waals surface area (Å²) in [5.74, 6) is -0.750. The number of amides is 1. The fourth-order valence-corrected chi connectivity index (χ4v) is 4.61. The van der Waals surface area contributed by atoms with Gasteiger partial charge in [0.15, 0.2) is 0 Å². The average Bonchev–Trinajstić information content (AvgIpc) is 2.70. The van der Waals surface area contributed by atoms with E-state index >= 15 is 0 Å². The van der Waals surface area contributed by atoms with Crippen LogP contribution in [0.2, 0.25) is 0 Å². The number of phenols is 1. The second-order valence-electron chi connectivity index (χ2n) is 6.81.